The number of hydrogen-bond acceptors (Lipinski definition) is 6. The summed E-state index contributed by atoms with van der Waals surface area (Å²) >= 11 is 0. The Morgan fingerprint density at radius 1 is 1.45 bits per heavy atom. The van der Waals surface area contributed by atoms with Crippen LogP contribution in [0.3, 0.4) is 0 Å². The largest absolute Gasteiger partial charge is 0.494 e. The molecule has 1 rings (SSSR count). The van der Waals surface area contributed by atoms with Crippen molar-refractivity contribution < 1.29 is 9.66 Å². The van der Waals surface area contributed by atoms with Gasteiger partial charge in [0.25, 0.3) is 6.20 Å². The van der Waals surface area contributed by atoms with Gasteiger partial charge in [-0.15, -0.1) is 0 Å². The van der Waals surface area contributed by atoms with Crippen molar-refractivity contribution in [2.45, 2.75) is 13.0 Å². The number of ether oxygens (including phenoxy) is 1. The van der Waals surface area contributed by atoms with Crippen LogP contribution in [0.5, 0.6) is 5.75 Å². The Labute approximate surface area is 131 Å². The highest BCUT2D eigenvalue weighted by Crippen LogP contribution is 2.14. The van der Waals surface area contributed by atoms with Gasteiger partial charge in [0.1, 0.15) is 5.75 Å². The summed E-state index contributed by atoms with van der Waals surface area (Å²) in [7, 11) is 5.68. The molecule has 0 unspecified atom stereocenters. The van der Waals surface area contributed by atoms with Crippen LogP contribution in [0.25, 0.3) is 0 Å². The number of nitro groups is 1. The van der Waals surface area contributed by atoms with Crippen LogP contribution < -0.4 is 15.4 Å². The molecular weight excluding hydrogens is 284 g/mol. The number of nitrogens with one attached hydrogen (secondary N) is 2. The SMILES string of the molecule is CN/C(=C\[N+](=O)[O-])NCCCOc1cccc(CN(C)C)c1. The van der Waals surface area contributed by atoms with Crippen LogP contribution in [0.2, 0.25) is 0 Å². The minimum absolute atomic E-state index is 0.387. The van der Waals surface area contributed by atoms with Gasteiger partial charge in [0.2, 0.25) is 0 Å². The Kier molecular flexibility index (Phi) is 7.77. The third kappa shape index (κ3) is 7.49. The Balaban J connectivity index is 2.31. The zero-order chi connectivity index (χ0) is 16.4. The fraction of sp³-hybridized carbons (Fsp3) is 0.467. The lowest BCUT2D eigenvalue weighted by atomic mass is 10.2. The fourth-order valence-electron chi connectivity index (χ4n) is 1.89. The number of benzene rings is 1. The maximum Gasteiger partial charge on any atom is 0.274 e. The first-order valence-corrected chi connectivity index (χ1v) is 7.14. The topological polar surface area (TPSA) is 79.7 Å². The van der Waals surface area contributed by atoms with Gasteiger partial charge in [-0.1, -0.05) is 12.1 Å². The summed E-state index contributed by atoms with van der Waals surface area (Å²) in [5.41, 5.74) is 1.20. The number of rotatable bonds is 10. The minimum Gasteiger partial charge on any atom is -0.494 e. The second-order valence-electron chi connectivity index (χ2n) is 5.09. The van der Waals surface area contributed by atoms with Crippen molar-refractivity contribution in [1.82, 2.24) is 15.5 Å². The lowest BCUT2D eigenvalue weighted by Gasteiger charge is -2.12. The van der Waals surface area contributed by atoms with Crippen molar-refractivity contribution in [3.63, 3.8) is 0 Å². The Bertz CT molecular complexity index is 503. The van der Waals surface area contributed by atoms with Gasteiger partial charge in [-0.05, 0) is 38.2 Å². The molecule has 0 spiro atoms. The Morgan fingerprint density at radius 3 is 2.86 bits per heavy atom. The molecule has 7 nitrogen and oxygen atoms in total. The molecule has 0 bridgehead atoms. The fourth-order valence-corrected chi connectivity index (χ4v) is 1.89. The van der Waals surface area contributed by atoms with Gasteiger partial charge in [-0.2, -0.15) is 0 Å². The molecule has 0 atom stereocenters. The molecule has 0 fully saturated rings. The van der Waals surface area contributed by atoms with E-state index in [9.17, 15) is 10.1 Å². The molecule has 0 aliphatic rings. The van der Waals surface area contributed by atoms with Gasteiger partial charge in [0.15, 0.2) is 5.82 Å². The smallest absolute Gasteiger partial charge is 0.274 e. The Morgan fingerprint density at radius 2 is 2.23 bits per heavy atom. The molecule has 0 saturated carbocycles. The molecule has 2 N–H and O–H groups in total. The molecular formula is C15H24N4O3. The molecule has 0 saturated heterocycles. The summed E-state index contributed by atoms with van der Waals surface area (Å²) in [5, 5.41) is 16.0. The molecule has 0 radical (unpaired) electrons. The average Bonchev–Trinajstić information content (AvgIpc) is 2.45. The molecule has 0 aliphatic carbocycles. The molecule has 0 heterocycles. The number of nitrogens with zero attached hydrogens (tertiary/aromatic N) is 2. The summed E-state index contributed by atoms with van der Waals surface area (Å²) in [6, 6.07) is 8.00. The predicted octanol–water partition coefficient (Wildman–Crippen LogP) is 1.40. The van der Waals surface area contributed by atoms with Gasteiger partial charge >= 0.3 is 0 Å². The van der Waals surface area contributed by atoms with E-state index < -0.39 is 4.92 Å². The zero-order valence-electron chi connectivity index (χ0n) is 13.3. The van der Waals surface area contributed by atoms with Gasteiger partial charge in [-0.25, -0.2) is 0 Å². The minimum atomic E-state index is -0.494. The first-order chi connectivity index (χ1) is 10.5. The van der Waals surface area contributed by atoms with E-state index in [2.05, 4.69) is 21.6 Å². The lowest BCUT2D eigenvalue weighted by molar-refractivity contribution is -0.404. The molecule has 22 heavy (non-hydrogen) atoms. The maximum absolute atomic E-state index is 10.4. The zero-order valence-corrected chi connectivity index (χ0v) is 13.3. The van der Waals surface area contributed by atoms with E-state index in [0.717, 1.165) is 24.9 Å². The first-order valence-electron chi connectivity index (χ1n) is 7.14. The van der Waals surface area contributed by atoms with E-state index in [1.54, 1.807) is 7.05 Å². The average molecular weight is 308 g/mol. The Hall–Kier alpha value is -2.28. The van der Waals surface area contributed by atoms with Crippen molar-refractivity contribution in [1.29, 1.82) is 0 Å². The van der Waals surface area contributed by atoms with E-state index in [1.165, 1.54) is 5.56 Å². The van der Waals surface area contributed by atoms with Crippen LogP contribution in [0.1, 0.15) is 12.0 Å². The highest BCUT2D eigenvalue weighted by molar-refractivity contribution is 5.28. The van der Waals surface area contributed by atoms with Crippen molar-refractivity contribution in [3.05, 3.63) is 52.0 Å². The van der Waals surface area contributed by atoms with Crippen LogP contribution in [0.15, 0.2) is 36.3 Å². The van der Waals surface area contributed by atoms with E-state index in [-0.39, 0.29) is 0 Å². The van der Waals surface area contributed by atoms with Crippen LogP contribution in [-0.4, -0.2) is 44.1 Å². The quantitative estimate of drug-likeness (QED) is 0.386. The van der Waals surface area contributed by atoms with Crippen LogP contribution in [0.4, 0.5) is 0 Å². The summed E-state index contributed by atoms with van der Waals surface area (Å²) < 4.78 is 5.69. The van der Waals surface area contributed by atoms with Gasteiger partial charge in [0.05, 0.1) is 11.5 Å². The molecule has 1 aromatic carbocycles. The van der Waals surface area contributed by atoms with E-state index in [4.69, 9.17) is 4.74 Å². The second kappa shape index (κ2) is 9.62. The third-order valence-corrected chi connectivity index (χ3v) is 2.81. The monoisotopic (exact) mass is 308 g/mol. The van der Waals surface area contributed by atoms with Crippen molar-refractivity contribution in [2.24, 2.45) is 0 Å². The van der Waals surface area contributed by atoms with Crippen LogP contribution in [-0.2, 0) is 6.54 Å². The van der Waals surface area contributed by atoms with E-state index >= 15 is 0 Å². The van der Waals surface area contributed by atoms with Crippen LogP contribution in [0, 0.1) is 10.1 Å². The standard InChI is InChI=1S/C15H24N4O3/c1-16-15(12-19(20)21)17-8-5-9-22-14-7-4-6-13(10-14)11-18(2)3/h4,6-7,10,12,16-17H,5,8-9,11H2,1-3H3/b15-12+. The van der Waals surface area contributed by atoms with E-state index in [1.807, 2.05) is 32.3 Å². The molecule has 1 aromatic rings. The highest BCUT2D eigenvalue weighted by Gasteiger charge is 2.01. The highest BCUT2D eigenvalue weighted by atomic mass is 16.6. The molecule has 7 heteroatoms. The van der Waals surface area contributed by atoms with Crippen LogP contribution >= 0.6 is 0 Å². The van der Waals surface area contributed by atoms with Crippen molar-refractivity contribution >= 4 is 0 Å². The van der Waals surface area contributed by atoms with Crippen molar-refractivity contribution in [2.75, 3.05) is 34.3 Å². The summed E-state index contributed by atoms with van der Waals surface area (Å²) in [4.78, 5) is 12.0. The number of hydrogen-bond donors (Lipinski definition) is 2. The summed E-state index contributed by atoms with van der Waals surface area (Å²) in [5.74, 6) is 1.23. The lowest BCUT2D eigenvalue weighted by Crippen LogP contribution is -2.26. The molecule has 0 amide bonds. The van der Waals surface area contributed by atoms with Crippen molar-refractivity contribution in [3.8, 4) is 5.75 Å². The van der Waals surface area contributed by atoms with Gasteiger partial charge in [-0.3, -0.25) is 10.1 Å². The van der Waals surface area contributed by atoms with Gasteiger partial charge in [0, 0.05) is 20.1 Å². The molecule has 0 aliphatic heterocycles. The summed E-state index contributed by atoms with van der Waals surface area (Å²) in [6.45, 7) is 2.02. The van der Waals surface area contributed by atoms with E-state index in [0.29, 0.717) is 19.0 Å². The molecule has 122 valence electrons. The van der Waals surface area contributed by atoms with Gasteiger partial charge < -0.3 is 20.3 Å². The normalized spacial score (nSPS) is 11.4. The predicted molar refractivity (Wildman–Crippen MR) is 86.1 cm³/mol. The summed E-state index contributed by atoms with van der Waals surface area (Å²) in [6.07, 6.45) is 1.65. The third-order valence-electron chi connectivity index (χ3n) is 2.81. The maximum atomic E-state index is 10.4. The second-order valence-corrected chi connectivity index (χ2v) is 5.09. The first kappa shape index (κ1) is 17.8. The molecule has 0 aromatic heterocycles.